The van der Waals surface area contributed by atoms with Crippen LogP contribution in [0.4, 0.5) is 4.79 Å². The Morgan fingerprint density at radius 2 is 1.74 bits per heavy atom. The molecule has 0 radical (unpaired) electrons. The van der Waals surface area contributed by atoms with Crippen molar-refractivity contribution in [3.63, 3.8) is 0 Å². The third kappa shape index (κ3) is 11.0. The second-order valence-electron chi connectivity index (χ2n) is 10.4. The SMILES string of the molecule is CC(C)CNC[C@@H](OCc1ccccc1)[C@H](CC1CCCCC1)NC(=O)OC(C)(C)C. The van der Waals surface area contributed by atoms with Crippen LogP contribution in [-0.2, 0) is 16.1 Å². The van der Waals surface area contributed by atoms with Crippen molar-refractivity contribution in [3.05, 3.63) is 35.9 Å². The van der Waals surface area contributed by atoms with Crippen molar-refractivity contribution in [1.82, 2.24) is 10.6 Å². The monoisotopic (exact) mass is 432 g/mol. The molecule has 0 aliphatic heterocycles. The average Bonchev–Trinajstić information content (AvgIpc) is 2.70. The van der Waals surface area contributed by atoms with Crippen molar-refractivity contribution in [1.29, 1.82) is 0 Å². The molecule has 0 unspecified atom stereocenters. The van der Waals surface area contributed by atoms with Crippen LogP contribution in [-0.4, -0.2) is 36.9 Å². The number of amides is 1. The summed E-state index contributed by atoms with van der Waals surface area (Å²) in [6.07, 6.45) is 6.82. The lowest BCUT2D eigenvalue weighted by Gasteiger charge is -2.33. The number of hydrogen-bond acceptors (Lipinski definition) is 4. The van der Waals surface area contributed by atoms with E-state index in [1.54, 1.807) is 0 Å². The molecule has 5 heteroatoms. The van der Waals surface area contributed by atoms with Gasteiger partial charge in [-0.2, -0.15) is 0 Å². The number of ether oxygens (including phenoxy) is 2. The fourth-order valence-corrected chi connectivity index (χ4v) is 4.15. The van der Waals surface area contributed by atoms with Crippen LogP contribution in [0.15, 0.2) is 30.3 Å². The zero-order valence-corrected chi connectivity index (χ0v) is 20.3. The zero-order valence-electron chi connectivity index (χ0n) is 20.3. The van der Waals surface area contributed by atoms with E-state index in [9.17, 15) is 4.79 Å². The standard InChI is InChI=1S/C26H44N2O3/c1-20(2)17-27-18-24(30-19-22-14-10-7-11-15-22)23(16-21-12-8-6-9-13-21)28-25(29)31-26(3,4)5/h7,10-11,14-15,20-21,23-24,27H,6,8-9,12-13,16-19H2,1-5H3,(H,28,29)/t23-,24+/m0/s1. The van der Waals surface area contributed by atoms with Gasteiger partial charge in [-0.25, -0.2) is 4.79 Å². The molecule has 2 N–H and O–H groups in total. The minimum Gasteiger partial charge on any atom is -0.444 e. The van der Waals surface area contributed by atoms with E-state index in [-0.39, 0.29) is 18.2 Å². The first kappa shape index (κ1) is 25.7. The molecule has 1 aromatic rings. The fraction of sp³-hybridized carbons (Fsp3) is 0.731. The Morgan fingerprint density at radius 3 is 2.35 bits per heavy atom. The maximum absolute atomic E-state index is 12.7. The predicted molar refractivity (Wildman–Crippen MR) is 127 cm³/mol. The lowest BCUT2D eigenvalue weighted by atomic mass is 9.83. The highest BCUT2D eigenvalue weighted by Gasteiger charge is 2.29. The van der Waals surface area contributed by atoms with Crippen LogP contribution >= 0.6 is 0 Å². The summed E-state index contributed by atoms with van der Waals surface area (Å²) in [4.78, 5) is 12.7. The first-order chi connectivity index (χ1) is 14.7. The second kappa shape index (κ2) is 13.1. The van der Waals surface area contributed by atoms with Gasteiger partial charge in [0.05, 0.1) is 18.8 Å². The highest BCUT2D eigenvalue weighted by Crippen LogP contribution is 2.28. The van der Waals surface area contributed by atoms with Gasteiger partial charge in [0, 0.05) is 6.54 Å². The molecule has 0 heterocycles. The fourth-order valence-electron chi connectivity index (χ4n) is 4.15. The van der Waals surface area contributed by atoms with Crippen molar-refractivity contribution < 1.29 is 14.3 Å². The lowest BCUT2D eigenvalue weighted by Crippen LogP contribution is -2.51. The third-order valence-electron chi connectivity index (χ3n) is 5.67. The van der Waals surface area contributed by atoms with Crippen molar-refractivity contribution >= 4 is 6.09 Å². The highest BCUT2D eigenvalue weighted by atomic mass is 16.6. The minimum atomic E-state index is -0.518. The largest absolute Gasteiger partial charge is 0.444 e. The number of carbonyl (C=O) groups is 1. The van der Waals surface area contributed by atoms with E-state index in [1.165, 1.54) is 32.1 Å². The lowest BCUT2D eigenvalue weighted by molar-refractivity contribution is -0.000321. The van der Waals surface area contributed by atoms with E-state index in [0.29, 0.717) is 25.0 Å². The quantitative estimate of drug-likeness (QED) is 0.472. The topological polar surface area (TPSA) is 59.6 Å². The Balaban J connectivity index is 2.10. The van der Waals surface area contributed by atoms with Gasteiger partial charge in [0.15, 0.2) is 0 Å². The Kier molecular flexibility index (Phi) is 10.8. The average molecular weight is 433 g/mol. The number of carbonyl (C=O) groups excluding carboxylic acids is 1. The van der Waals surface area contributed by atoms with Gasteiger partial charge in [-0.3, -0.25) is 0 Å². The molecule has 1 aliphatic rings. The van der Waals surface area contributed by atoms with Gasteiger partial charge in [-0.1, -0.05) is 76.3 Å². The Hall–Kier alpha value is -1.59. The molecule has 0 bridgehead atoms. The van der Waals surface area contributed by atoms with Gasteiger partial charge < -0.3 is 20.1 Å². The first-order valence-corrected chi connectivity index (χ1v) is 12.1. The summed E-state index contributed by atoms with van der Waals surface area (Å²) in [6.45, 7) is 12.3. The van der Waals surface area contributed by atoms with Crippen LogP contribution in [0.5, 0.6) is 0 Å². The molecule has 31 heavy (non-hydrogen) atoms. The van der Waals surface area contributed by atoms with Crippen LogP contribution in [0.1, 0.15) is 78.7 Å². The molecule has 1 fully saturated rings. The summed E-state index contributed by atoms with van der Waals surface area (Å²) in [5, 5.41) is 6.71. The summed E-state index contributed by atoms with van der Waals surface area (Å²) in [5.41, 5.74) is 0.625. The van der Waals surface area contributed by atoms with Crippen molar-refractivity contribution in [2.45, 2.75) is 97.5 Å². The van der Waals surface area contributed by atoms with E-state index in [0.717, 1.165) is 18.5 Å². The molecule has 0 spiro atoms. The Labute approximate surface area is 189 Å². The van der Waals surface area contributed by atoms with E-state index in [4.69, 9.17) is 9.47 Å². The van der Waals surface area contributed by atoms with Crippen molar-refractivity contribution in [2.75, 3.05) is 13.1 Å². The van der Waals surface area contributed by atoms with Crippen molar-refractivity contribution in [3.8, 4) is 0 Å². The normalized spacial score (nSPS) is 17.4. The van der Waals surface area contributed by atoms with Crippen LogP contribution in [0.25, 0.3) is 0 Å². The molecule has 5 nitrogen and oxygen atoms in total. The highest BCUT2D eigenvalue weighted by molar-refractivity contribution is 5.68. The smallest absolute Gasteiger partial charge is 0.407 e. The second-order valence-corrected chi connectivity index (χ2v) is 10.4. The molecule has 0 saturated heterocycles. The van der Waals surface area contributed by atoms with E-state index in [1.807, 2.05) is 39.0 Å². The van der Waals surface area contributed by atoms with Gasteiger partial charge in [-0.15, -0.1) is 0 Å². The summed E-state index contributed by atoms with van der Waals surface area (Å²) in [6, 6.07) is 10.2. The van der Waals surface area contributed by atoms with Crippen LogP contribution in [0, 0.1) is 11.8 Å². The number of rotatable bonds is 11. The van der Waals surface area contributed by atoms with Gasteiger partial charge >= 0.3 is 6.09 Å². The maximum Gasteiger partial charge on any atom is 0.407 e. The Morgan fingerprint density at radius 1 is 1.06 bits per heavy atom. The van der Waals surface area contributed by atoms with E-state index < -0.39 is 5.60 Å². The molecule has 0 aromatic heterocycles. The number of hydrogen-bond donors (Lipinski definition) is 2. The number of benzene rings is 1. The predicted octanol–water partition coefficient (Wildman–Crippen LogP) is 5.68. The molecule has 1 aromatic carbocycles. The van der Waals surface area contributed by atoms with E-state index >= 15 is 0 Å². The first-order valence-electron chi connectivity index (χ1n) is 12.1. The van der Waals surface area contributed by atoms with E-state index in [2.05, 4.69) is 36.6 Å². The number of alkyl carbamates (subject to hydrolysis) is 1. The van der Waals surface area contributed by atoms with Crippen LogP contribution < -0.4 is 10.6 Å². The molecular formula is C26H44N2O3. The van der Waals surface area contributed by atoms with Gasteiger partial charge in [-0.05, 0) is 51.1 Å². The third-order valence-corrected chi connectivity index (χ3v) is 5.67. The molecular weight excluding hydrogens is 388 g/mol. The minimum absolute atomic E-state index is 0.0821. The van der Waals surface area contributed by atoms with Crippen molar-refractivity contribution in [2.24, 2.45) is 11.8 Å². The molecule has 2 rings (SSSR count). The van der Waals surface area contributed by atoms with Gasteiger partial charge in [0.2, 0.25) is 0 Å². The molecule has 1 amide bonds. The van der Waals surface area contributed by atoms with Gasteiger partial charge in [0.25, 0.3) is 0 Å². The summed E-state index contributed by atoms with van der Waals surface area (Å²) >= 11 is 0. The molecule has 1 saturated carbocycles. The summed E-state index contributed by atoms with van der Waals surface area (Å²) in [5.74, 6) is 1.19. The van der Waals surface area contributed by atoms with Crippen LogP contribution in [0.2, 0.25) is 0 Å². The van der Waals surface area contributed by atoms with Crippen LogP contribution in [0.3, 0.4) is 0 Å². The molecule has 1 aliphatic carbocycles. The zero-order chi connectivity index (χ0) is 22.7. The number of nitrogens with one attached hydrogen (secondary N) is 2. The molecule has 176 valence electrons. The maximum atomic E-state index is 12.7. The summed E-state index contributed by atoms with van der Waals surface area (Å²) < 4.78 is 12.0. The molecule has 2 atom stereocenters. The van der Waals surface area contributed by atoms with Gasteiger partial charge in [0.1, 0.15) is 5.60 Å². The Bertz CT molecular complexity index is 621. The summed E-state index contributed by atoms with van der Waals surface area (Å²) in [7, 11) is 0.